The Morgan fingerprint density at radius 3 is 2.65 bits per heavy atom. The third-order valence-corrected chi connectivity index (χ3v) is 3.25. The number of anilines is 1. The van der Waals surface area contributed by atoms with Gasteiger partial charge >= 0.3 is 0 Å². The Balaban J connectivity index is 2.32. The fraction of sp³-hybridized carbons (Fsp3) is 0. The number of thiocarbonyl (C=S) groups is 1. The Kier molecular flexibility index (Phi) is 4.31. The second-order valence-electron chi connectivity index (χ2n) is 3.95. The second-order valence-corrected chi connectivity index (χ2v) is 5.31. The number of aromatic amines is 1. The summed E-state index contributed by atoms with van der Waals surface area (Å²) in [4.78, 5) is 25.7. The Labute approximate surface area is 128 Å². The van der Waals surface area contributed by atoms with Crippen LogP contribution in [0.15, 0.2) is 45.8 Å². The van der Waals surface area contributed by atoms with E-state index < -0.39 is 0 Å². The molecule has 1 aromatic heterocycles. The van der Waals surface area contributed by atoms with E-state index in [4.69, 9.17) is 18.0 Å². The van der Waals surface area contributed by atoms with Crippen molar-refractivity contribution in [2.75, 3.05) is 5.32 Å². The summed E-state index contributed by atoms with van der Waals surface area (Å²) >= 11 is 8.26. The van der Waals surface area contributed by atoms with Crippen LogP contribution in [0, 0.1) is 0 Å². The highest BCUT2D eigenvalue weighted by molar-refractivity contribution is 9.10. The topological polar surface area (TPSA) is 88.0 Å². The fourth-order valence-electron chi connectivity index (χ4n) is 1.58. The molecule has 0 aliphatic carbocycles. The van der Waals surface area contributed by atoms with Crippen LogP contribution >= 0.6 is 28.1 Å². The van der Waals surface area contributed by atoms with Gasteiger partial charge in [-0.1, -0.05) is 28.1 Å². The Bertz CT molecular complexity index is 722. The molecule has 1 heterocycles. The summed E-state index contributed by atoms with van der Waals surface area (Å²) in [5.74, 6) is -0.364. The average molecular weight is 352 g/mol. The molecule has 0 radical (unpaired) electrons. The molecule has 0 saturated carbocycles. The van der Waals surface area contributed by atoms with E-state index in [9.17, 15) is 9.59 Å². The van der Waals surface area contributed by atoms with Crippen molar-refractivity contribution < 1.29 is 4.79 Å². The first-order chi connectivity index (χ1) is 9.47. The van der Waals surface area contributed by atoms with Gasteiger partial charge in [-0.15, -0.1) is 0 Å². The number of amides is 1. The molecule has 1 aromatic carbocycles. The van der Waals surface area contributed by atoms with Gasteiger partial charge in [0.1, 0.15) is 4.99 Å². The molecule has 0 aliphatic heterocycles. The van der Waals surface area contributed by atoms with Crippen LogP contribution in [0.1, 0.15) is 15.9 Å². The Hall–Kier alpha value is -1.99. The van der Waals surface area contributed by atoms with Crippen LogP contribution in [-0.4, -0.2) is 15.9 Å². The zero-order valence-corrected chi connectivity index (χ0v) is 12.5. The van der Waals surface area contributed by atoms with Gasteiger partial charge in [0.25, 0.3) is 5.91 Å². The van der Waals surface area contributed by atoms with Crippen molar-refractivity contribution in [3.8, 4) is 0 Å². The van der Waals surface area contributed by atoms with Crippen LogP contribution in [0.2, 0.25) is 0 Å². The number of hydrogen-bond donors (Lipinski definition) is 3. The van der Waals surface area contributed by atoms with Crippen molar-refractivity contribution in [2.45, 2.75) is 0 Å². The predicted molar refractivity (Wildman–Crippen MR) is 85.0 cm³/mol. The van der Waals surface area contributed by atoms with E-state index in [0.29, 0.717) is 16.8 Å². The largest absolute Gasteiger partial charge is 0.389 e. The number of hydrogen-bond acceptors (Lipinski definition) is 3. The van der Waals surface area contributed by atoms with Crippen molar-refractivity contribution in [2.24, 2.45) is 5.73 Å². The molecule has 102 valence electrons. The van der Waals surface area contributed by atoms with Gasteiger partial charge in [0.15, 0.2) is 0 Å². The van der Waals surface area contributed by atoms with Crippen LogP contribution in [-0.2, 0) is 0 Å². The molecule has 0 bridgehead atoms. The average Bonchev–Trinajstić information content (AvgIpc) is 2.39. The molecule has 5 nitrogen and oxygen atoms in total. The minimum absolute atomic E-state index is 0.189. The summed E-state index contributed by atoms with van der Waals surface area (Å²) in [7, 11) is 0. The summed E-state index contributed by atoms with van der Waals surface area (Å²) in [5, 5.41) is 2.71. The third-order valence-electron chi connectivity index (χ3n) is 2.54. The number of nitrogens with two attached hydrogens (primary N) is 1. The number of halogens is 1. The van der Waals surface area contributed by atoms with Gasteiger partial charge in [-0.2, -0.15) is 0 Å². The number of H-pyrrole nitrogens is 1. The van der Waals surface area contributed by atoms with E-state index in [-0.39, 0.29) is 16.5 Å². The maximum atomic E-state index is 12.1. The first-order valence-corrected chi connectivity index (χ1v) is 6.77. The van der Waals surface area contributed by atoms with Crippen molar-refractivity contribution in [1.82, 2.24) is 4.98 Å². The van der Waals surface area contributed by atoms with Gasteiger partial charge in [-0.3, -0.25) is 9.59 Å². The van der Waals surface area contributed by atoms with Gasteiger partial charge in [0, 0.05) is 22.3 Å². The predicted octanol–water partition coefficient (Wildman–Crippen LogP) is 2.02. The summed E-state index contributed by atoms with van der Waals surface area (Å²) in [6.07, 6.45) is 1.34. The van der Waals surface area contributed by atoms with Crippen molar-refractivity contribution >= 4 is 44.7 Å². The van der Waals surface area contributed by atoms with Crippen LogP contribution in [0.4, 0.5) is 5.69 Å². The van der Waals surface area contributed by atoms with Crippen LogP contribution < -0.4 is 16.6 Å². The zero-order valence-electron chi connectivity index (χ0n) is 10.1. The van der Waals surface area contributed by atoms with E-state index >= 15 is 0 Å². The van der Waals surface area contributed by atoms with E-state index in [1.54, 1.807) is 18.2 Å². The molecule has 0 spiro atoms. The Morgan fingerprint density at radius 1 is 1.30 bits per heavy atom. The number of carbonyl (C=O) groups excluding carboxylic acids is 1. The van der Waals surface area contributed by atoms with Crippen molar-refractivity contribution in [1.29, 1.82) is 0 Å². The van der Waals surface area contributed by atoms with E-state index in [2.05, 4.69) is 26.2 Å². The molecule has 0 aliphatic rings. The van der Waals surface area contributed by atoms with E-state index in [0.717, 1.165) is 4.47 Å². The van der Waals surface area contributed by atoms with E-state index in [1.807, 2.05) is 0 Å². The lowest BCUT2D eigenvalue weighted by molar-refractivity contribution is 0.102. The third kappa shape index (κ3) is 3.31. The quantitative estimate of drug-likeness (QED) is 0.738. The number of pyridine rings is 1. The van der Waals surface area contributed by atoms with Crippen LogP contribution in [0.3, 0.4) is 0 Å². The summed E-state index contributed by atoms with van der Waals surface area (Å²) in [6, 6.07) is 7.92. The maximum Gasteiger partial charge on any atom is 0.257 e. The number of benzene rings is 1. The summed E-state index contributed by atoms with van der Waals surface area (Å²) in [5.41, 5.74) is 6.75. The van der Waals surface area contributed by atoms with Gasteiger partial charge in [0.2, 0.25) is 5.56 Å². The highest BCUT2D eigenvalue weighted by atomic mass is 79.9. The van der Waals surface area contributed by atoms with Gasteiger partial charge in [-0.25, -0.2) is 0 Å². The van der Waals surface area contributed by atoms with Gasteiger partial charge in [0.05, 0.1) is 11.3 Å². The molecule has 2 aromatic rings. The molecule has 2 rings (SSSR count). The first kappa shape index (κ1) is 14.4. The monoisotopic (exact) mass is 351 g/mol. The fourth-order valence-corrected chi connectivity index (χ4v) is 2.12. The normalized spacial score (nSPS) is 10.1. The van der Waals surface area contributed by atoms with E-state index in [1.165, 1.54) is 18.3 Å². The Morgan fingerprint density at radius 2 is 2.05 bits per heavy atom. The minimum atomic E-state index is -0.364. The number of carbonyl (C=O) groups is 1. The molecule has 0 saturated heterocycles. The molecule has 7 heteroatoms. The summed E-state index contributed by atoms with van der Waals surface area (Å²) < 4.78 is 0.786. The number of rotatable bonds is 3. The number of aromatic nitrogens is 1. The smallest absolute Gasteiger partial charge is 0.257 e. The molecule has 0 fully saturated rings. The standard InChI is InChI=1S/C13H10BrN3O2S/c14-8-2-3-9(12(15)20)10(5-8)17-13(19)7-1-4-11(18)16-6-7/h1-6H,(H2,15,20)(H,16,18)(H,17,19). The lowest BCUT2D eigenvalue weighted by Crippen LogP contribution is -2.18. The lowest BCUT2D eigenvalue weighted by Gasteiger charge is -2.10. The molecular weight excluding hydrogens is 342 g/mol. The maximum absolute atomic E-state index is 12.1. The first-order valence-electron chi connectivity index (χ1n) is 5.57. The molecule has 0 atom stereocenters. The van der Waals surface area contributed by atoms with Crippen molar-refractivity contribution in [3.63, 3.8) is 0 Å². The zero-order chi connectivity index (χ0) is 14.7. The number of nitrogens with one attached hydrogen (secondary N) is 2. The second kappa shape index (κ2) is 5.98. The summed E-state index contributed by atoms with van der Waals surface area (Å²) in [6.45, 7) is 0. The van der Waals surface area contributed by atoms with Crippen LogP contribution in [0.5, 0.6) is 0 Å². The molecule has 4 N–H and O–H groups in total. The molecule has 0 unspecified atom stereocenters. The van der Waals surface area contributed by atoms with Crippen molar-refractivity contribution in [3.05, 3.63) is 62.5 Å². The highest BCUT2D eigenvalue weighted by Crippen LogP contribution is 2.22. The molecular formula is C13H10BrN3O2S. The molecule has 20 heavy (non-hydrogen) atoms. The van der Waals surface area contributed by atoms with Gasteiger partial charge in [-0.05, 0) is 24.3 Å². The SMILES string of the molecule is NC(=S)c1ccc(Br)cc1NC(=O)c1ccc(=O)[nH]c1. The van der Waals surface area contributed by atoms with Gasteiger partial charge < -0.3 is 16.0 Å². The highest BCUT2D eigenvalue weighted by Gasteiger charge is 2.11. The molecule has 1 amide bonds. The van der Waals surface area contributed by atoms with Crippen LogP contribution in [0.25, 0.3) is 0 Å². The minimum Gasteiger partial charge on any atom is -0.389 e. The lowest BCUT2D eigenvalue weighted by atomic mass is 10.1.